The minimum absolute atomic E-state index is 0.461. The average molecular weight is 248 g/mol. The molecule has 1 atom stereocenters. The summed E-state index contributed by atoms with van der Waals surface area (Å²) < 4.78 is 3.77. The molecule has 0 aliphatic carbocycles. The molecule has 0 fully saturated rings. The van der Waals surface area contributed by atoms with Gasteiger partial charge in [0.15, 0.2) is 0 Å². The van der Waals surface area contributed by atoms with E-state index < -0.39 is 6.10 Å². The maximum absolute atomic E-state index is 9.72. The topological polar surface area (TPSA) is 55.9 Å². The van der Waals surface area contributed by atoms with Crippen molar-refractivity contribution in [2.24, 2.45) is 7.05 Å². The highest BCUT2D eigenvalue weighted by atomic mass is 16.3. The second-order valence-corrected chi connectivity index (χ2v) is 4.76. The Morgan fingerprint density at radius 2 is 2.11 bits per heavy atom. The van der Waals surface area contributed by atoms with Crippen molar-refractivity contribution in [1.29, 1.82) is 0 Å². The van der Waals surface area contributed by atoms with Crippen LogP contribution >= 0.6 is 0 Å². The molecular weight excluding hydrogens is 228 g/mol. The van der Waals surface area contributed by atoms with Crippen LogP contribution in [0.1, 0.15) is 35.5 Å². The molecule has 0 aromatic carbocycles. The molecule has 0 bridgehead atoms. The van der Waals surface area contributed by atoms with E-state index in [0.717, 1.165) is 29.9 Å². The highest BCUT2D eigenvalue weighted by molar-refractivity contribution is 5.26. The average Bonchev–Trinajstić information content (AvgIpc) is 2.80. The minimum Gasteiger partial charge on any atom is -0.389 e. The summed E-state index contributed by atoms with van der Waals surface area (Å²) in [7, 11) is 1.92. The van der Waals surface area contributed by atoms with Crippen molar-refractivity contribution >= 4 is 0 Å². The van der Waals surface area contributed by atoms with Crippen LogP contribution in [-0.2, 0) is 20.0 Å². The summed E-state index contributed by atoms with van der Waals surface area (Å²) in [6, 6.07) is 0. The number of aromatic nitrogens is 4. The fourth-order valence-electron chi connectivity index (χ4n) is 2.37. The molecule has 2 rings (SSSR count). The zero-order valence-corrected chi connectivity index (χ0v) is 11.4. The van der Waals surface area contributed by atoms with Crippen molar-refractivity contribution in [3.63, 3.8) is 0 Å². The van der Waals surface area contributed by atoms with E-state index in [0.29, 0.717) is 0 Å². The zero-order chi connectivity index (χ0) is 13.3. The number of hydrogen-bond donors (Lipinski definition) is 1. The molecule has 2 aromatic heterocycles. The molecule has 0 spiro atoms. The number of aliphatic hydroxyl groups is 1. The van der Waals surface area contributed by atoms with Crippen LogP contribution in [0.15, 0.2) is 12.4 Å². The van der Waals surface area contributed by atoms with Crippen molar-refractivity contribution in [3.8, 4) is 0 Å². The third kappa shape index (κ3) is 2.46. The van der Waals surface area contributed by atoms with Gasteiger partial charge in [0.25, 0.3) is 0 Å². The highest BCUT2D eigenvalue weighted by Crippen LogP contribution is 2.21. The number of aryl methyl sites for hydroxylation is 4. The van der Waals surface area contributed by atoms with E-state index in [1.165, 1.54) is 5.56 Å². The summed E-state index contributed by atoms with van der Waals surface area (Å²) in [5.41, 5.74) is 4.10. The lowest BCUT2D eigenvalue weighted by Crippen LogP contribution is -2.05. The molecule has 5 heteroatoms. The molecule has 1 unspecified atom stereocenters. The summed E-state index contributed by atoms with van der Waals surface area (Å²) in [6.45, 7) is 6.54. The molecule has 2 aromatic rings. The van der Waals surface area contributed by atoms with Gasteiger partial charge in [-0.1, -0.05) is 0 Å². The molecule has 0 saturated heterocycles. The molecule has 5 nitrogen and oxygen atoms in total. The standard InChI is InChI=1S/C13H20N4O/c1-9-13(11(3)18)10(2)17(15-9)6-5-12-7-14-16(4)8-12/h7-8,11,18H,5-6H2,1-4H3. The lowest BCUT2D eigenvalue weighted by molar-refractivity contribution is 0.197. The molecular formula is C13H20N4O. The summed E-state index contributed by atoms with van der Waals surface area (Å²) >= 11 is 0. The van der Waals surface area contributed by atoms with E-state index in [1.54, 1.807) is 11.6 Å². The fourth-order valence-corrected chi connectivity index (χ4v) is 2.37. The van der Waals surface area contributed by atoms with E-state index in [-0.39, 0.29) is 0 Å². The minimum atomic E-state index is -0.461. The van der Waals surface area contributed by atoms with Gasteiger partial charge in [-0.3, -0.25) is 9.36 Å². The Kier molecular flexibility index (Phi) is 3.52. The second-order valence-electron chi connectivity index (χ2n) is 4.76. The van der Waals surface area contributed by atoms with Crippen LogP contribution in [0.5, 0.6) is 0 Å². The predicted octanol–water partition coefficient (Wildman–Crippen LogP) is 1.53. The largest absolute Gasteiger partial charge is 0.389 e. The normalized spacial score (nSPS) is 12.9. The zero-order valence-electron chi connectivity index (χ0n) is 11.4. The lowest BCUT2D eigenvalue weighted by atomic mass is 10.1. The monoisotopic (exact) mass is 248 g/mol. The van der Waals surface area contributed by atoms with Crippen molar-refractivity contribution < 1.29 is 5.11 Å². The maximum Gasteiger partial charge on any atom is 0.0797 e. The van der Waals surface area contributed by atoms with Crippen LogP contribution in [0.2, 0.25) is 0 Å². The first-order valence-corrected chi connectivity index (χ1v) is 6.18. The van der Waals surface area contributed by atoms with Crippen molar-refractivity contribution in [2.75, 3.05) is 0 Å². The van der Waals surface area contributed by atoms with Crippen molar-refractivity contribution in [1.82, 2.24) is 19.6 Å². The first-order valence-electron chi connectivity index (χ1n) is 6.18. The lowest BCUT2D eigenvalue weighted by Gasteiger charge is -2.06. The van der Waals surface area contributed by atoms with Gasteiger partial charge in [-0.25, -0.2) is 0 Å². The number of rotatable bonds is 4. The summed E-state index contributed by atoms with van der Waals surface area (Å²) in [5, 5.41) is 18.4. The maximum atomic E-state index is 9.72. The molecule has 0 saturated carbocycles. The van der Waals surface area contributed by atoms with Gasteiger partial charge in [0.1, 0.15) is 0 Å². The third-order valence-electron chi connectivity index (χ3n) is 3.23. The Labute approximate surface area is 107 Å². The molecule has 18 heavy (non-hydrogen) atoms. The van der Waals surface area contributed by atoms with Crippen LogP contribution in [0, 0.1) is 13.8 Å². The van der Waals surface area contributed by atoms with Crippen LogP contribution in [0.3, 0.4) is 0 Å². The fraction of sp³-hybridized carbons (Fsp3) is 0.538. The molecule has 98 valence electrons. The van der Waals surface area contributed by atoms with Crippen LogP contribution in [0.25, 0.3) is 0 Å². The van der Waals surface area contributed by atoms with Gasteiger partial charge in [0.05, 0.1) is 18.0 Å². The summed E-state index contributed by atoms with van der Waals surface area (Å²) in [5.74, 6) is 0. The number of nitrogens with zero attached hydrogens (tertiary/aromatic N) is 4. The molecule has 0 radical (unpaired) electrons. The summed E-state index contributed by atoms with van der Waals surface area (Å²) in [4.78, 5) is 0. The Bertz CT molecular complexity index is 539. The molecule has 0 aliphatic rings. The molecule has 1 N–H and O–H groups in total. The predicted molar refractivity (Wildman–Crippen MR) is 69.2 cm³/mol. The Balaban J connectivity index is 2.13. The quantitative estimate of drug-likeness (QED) is 0.892. The van der Waals surface area contributed by atoms with E-state index in [1.807, 2.05) is 38.0 Å². The number of aliphatic hydroxyl groups excluding tert-OH is 1. The Morgan fingerprint density at radius 1 is 1.39 bits per heavy atom. The Morgan fingerprint density at radius 3 is 2.61 bits per heavy atom. The van der Waals surface area contributed by atoms with Gasteiger partial charge >= 0.3 is 0 Å². The van der Waals surface area contributed by atoms with Crippen LogP contribution < -0.4 is 0 Å². The number of hydrogen-bond acceptors (Lipinski definition) is 3. The molecule has 2 heterocycles. The molecule has 0 amide bonds. The molecule has 0 aliphatic heterocycles. The highest BCUT2D eigenvalue weighted by Gasteiger charge is 2.15. The summed E-state index contributed by atoms with van der Waals surface area (Å²) in [6.07, 6.45) is 4.33. The smallest absolute Gasteiger partial charge is 0.0797 e. The van der Waals surface area contributed by atoms with Gasteiger partial charge in [-0.05, 0) is 32.8 Å². The van der Waals surface area contributed by atoms with Gasteiger partial charge < -0.3 is 5.11 Å². The van der Waals surface area contributed by atoms with Gasteiger partial charge in [-0.2, -0.15) is 10.2 Å². The van der Waals surface area contributed by atoms with Crippen LogP contribution in [-0.4, -0.2) is 24.7 Å². The van der Waals surface area contributed by atoms with Gasteiger partial charge in [0.2, 0.25) is 0 Å². The third-order valence-corrected chi connectivity index (χ3v) is 3.23. The SMILES string of the molecule is Cc1nn(CCc2cnn(C)c2)c(C)c1C(C)O. The van der Waals surface area contributed by atoms with Crippen molar-refractivity contribution in [2.45, 2.75) is 39.8 Å². The first kappa shape index (κ1) is 12.8. The van der Waals surface area contributed by atoms with E-state index >= 15 is 0 Å². The van der Waals surface area contributed by atoms with Crippen molar-refractivity contribution in [3.05, 3.63) is 34.9 Å². The van der Waals surface area contributed by atoms with E-state index in [2.05, 4.69) is 10.2 Å². The van der Waals surface area contributed by atoms with Crippen LogP contribution in [0.4, 0.5) is 0 Å². The van der Waals surface area contributed by atoms with Gasteiger partial charge in [0, 0.05) is 31.0 Å². The van der Waals surface area contributed by atoms with E-state index in [4.69, 9.17) is 0 Å². The Hall–Kier alpha value is -1.62. The van der Waals surface area contributed by atoms with Gasteiger partial charge in [-0.15, -0.1) is 0 Å². The van der Waals surface area contributed by atoms with E-state index in [9.17, 15) is 5.11 Å². The second kappa shape index (κ2) is 4.94. The first-order chi connectivity index (χ1) is 8.49.